The van der Waals surface area contributed by atoms with E-state index in [0.717, 1.165) is 54.3 Å². The summed E-state index contributed by atoms with van der Waals surface area (Å²) in [5.41, 5.74) is 2.41. The summed E-state index contributed by atoms with van der Waals surface area (Å²) in [5, 5.41) is 0.751. The SMILES string of the molecule is Cc1sc2nc(C(C)N3CCN(Cc4ccccc4)CC3)[nH]c(=O)c2c1C. The number of rotatable bonds is 4. The molecule has 0 bridgehead atoms. The standard InChI is InChI=1S/C21H26N4OS/c1-14-16(3)27-21-18(14)20(26)22-19(23-21)15(2)25-11-9-24(10-12-25)13-17-7-5-4-6-8-17/h4-8,15H,9-13H2,1-3H3,(H,22,23,26). The minimum absolute atomic E-state index is 0.00795. The van der Waals surface area contributed by atoms with Gasteiger partial charge in [-0.3, -0.25) is 14.6 Å². The fraction of sp³-hybridized carbons (Fsp3) is 0.429. The zero-order valence-corrected chi connectivity index (χ0v) is 17.0. The van der Waals surface area contributed by atoms with Crippen LogP contribution in [0.2, 0.25) is 0 Å². The minimum atomic E-state index is -0.00795. The van der Waals surface area contributed by atoms with Crippen LogP contribution in [0.4, 0.5) is 0 Å². The Hall–Kier alpha value is -2.02. The van der Waals surface area contributed by atoms with Crippen LogP contribution in [0.3, 0.4) is 0 Å². The second-order valence-electron chi connectivity index (χ2n) is 7.39. The average molecular weight is 383 g/mol. The van der Waals surface area contributed by atoms with E-state index in [4.69, 9.17) is 4.98 Å². The fourth-order valence-corrected chi connectivity index (χ4v) is 4.83. The quantitative estimate of drug-likeness (QED) is 0.751. The summed E-state index contributed by atoms with van der Waals surface area (Å²) in [6.07, 6.45) is 0. The maximum absolute atomic E-state index is 12.6. The Kier molecular flexibility index (Phi) is 5.12. The maximum Gasteiger partial charge on any atom is 0.259 e. The molecule has 1 unspecified atom stereocenters. The van der Waals surface area contributed by atoms with E-state index in [1.807, 2.05) is 6.92 Å². The molecule has 0 radical (unpaired) electrons. The molecule has 1 fully saturated rings. The topological polar surface area (TPSA) is 52.2 Å². The Morgan fingerprint density at radius 2 is 1.85 bits per heavy atom. The summed E-state index contributed by atoms with van der Waals surface area (Å²) in [7, 11) is 0. The molecule has 1 aliphatic rings. The van der Waals surface area contributed by atoms with Gasteiger partial charge < -0.3 is 4.98 Å². The van der Waals surface area contributed by atoms with Crippen LogP contribution in [0.25, 0.3) is 10.2 Å². The summed E-state index contributed by atoms with van der Waals surface area (Å²) in [5.74, 6) is 0.783. The van der Waals surface area contributed by atoms with Crippen LogP contribution in [0.15, 0.2) is 35.1 Å². The van der Waals surface area contributed by atoms with Crippen LogP contribution in [0, 0.1) is 13.8 Å². The number of H-pyrrole nitrogens is 1. The zero-order chi connectivity index (χ0) is 19.0. The predicted molar refractivity (Wildman–Crippen MR) is 111 cm³/mol. The summed E-state index contributed by atoms with van der Waals surface area (Å²) < 4.78 is 0. The van der Waals surface area contributed by atoms with Crippen LogP contribution < -0.4 is 5.56 Å². The van der Waals surface area contributed by atoms with Crippen LogP contribution in [0.1, 0.15) is 34.8 Å². The number of nitrogens with one attached hydrogen (secondary N) is 1. The van der Waals surface area contributed by atoms with Gasteiger partial charge in [0.15, 0.2) is 0 Å². The van der Waals surface area contributed by atoms with E-state index in [1.54, 1.807) is 11.3 Å². The molecule has 3 heterocycles. The Morgan fingerprint density at radius 3 is 2.56 bits per heavy atom. The second kappa shape index (κ2) is 7.54. The molecule has 0 spiro atoms. The molecule has 6 heteroatoms. The fourth-order valence-electron chi connectivity index (χ4n) is 3.79. The van der Waals surface area contributed by atoms with Gasteiger partial charge in [-0.25, -0.2) is 4.98 Å². The zero-order valence-electron chi connectivity index (χ0n) is 16.2. The number of hydrogen-bond acceptors (Lipinski definition) is 5. The highest BCUT2D eigenvalue weighted by Crippen LogP contribution is 2.27. The van der Waals surface area contributed by atoms with Gasteiger partial charge in [-0.1, -0.05) is 30.3 Å². The summed E-state index contributed by atoms with van der Waals surface area (Å²) in [4.78, 5) is 27.3. The molecule has 1 aliphatic heterocycles. The molecule has 2 aromatic heterocycles. The monoisotopic (exact) mass is 382 g/mol. The van der Waals surface area contributed by atoms with E-state index in [2.05, 4.69) is 59.0 Å². The third-order valence-corrected chi connectivity index (χ3v) is 6.76. The maximum atomic E-state index is 12.6. The van der Waals surface area contributed by atoms with Crippen molar-refractivity contribution < 1.29 is 0 Å². The normalized spacial score (nSPS) is 17.4. The Morgan fingerprint density at radius 1 is 1.15 bits per heavy atom. The van der Waals surface area contributed by atoms with Crippen LogP contribution in [-0.2, 0) is 6.54 Å². The molecule has 1 aromatic carbocycles. The lowest BCUT2D eigenvalue weighted by Gasteiger charge is -2.37. The molecule has 4 rings (SSSR count). The summed E-state index contributed by atoms with van der Waals surface area (Å²) in [6, 6.07) is 10.7. The number of aromatic nitrogens is 2. The molecule has 3 aromatic rings. The molecule has 27 heavy (non-hydrogen) atoms. The Labute approximate surface area is 163 Å². The van der Waals surface area contributed by atoms with E-state index in [1.165, 1.54) is 10.4 Å². The average Bonchev–Trinajstić information content (AvgIpc) is 2.97. The van der Waals surface area contributed by atoms with Crippen molar-refractivity contribution in [1.29, 1.82) is 0 Å². The highest BCUT2D eigenvalue weighted by Gasteiger charge is 2.24. The summed E-state index contributed by atoms with van der Waals surface area (Å²) in [6.45, 7) is 11.2. The van der Waals surface area contributed by atoms with Crippen molar-refractivity contribution in [2.45, 2.75) is 33.4 Å². The van der Waals surface area contributed by atoms with Crippen molar-refractivity contribution >= 4 is 21.6 Å². The van der Waals surface area contributed by atoms with Gasteiger partial charge in [-0.2, -0.15) is 0 Å². The van der Waals surface area contributed by atoms with E-state index in [9.17, 15) is 4.79 Å². The number of fused-ring (bicyclic) bond motifs is 1. The first-order valence-electron chi connectivity index (χ1n) is 9.53. The molecular weight excluding hydrogens is 356 g/mol. The molecule has 0 amide bonds. The number of benzene rings is 1. The lowest BCUT2D eigenvalue weighted by Crippen LogP contribution is -2.47. The largest absolute Gasteiger partial charge is 0.309 e. The number of aryl methyl sites for hydroxylation is 2. The Balaban J connectivity index is 1.45. The first-order chi connectivity index (χ1) is 13.0. The number of aromatic amines is 1. The molecule has 1 atom stereocenters. The third kappa shape index (κ3) is 3.70. The second-order valence-corrected chi connectivity index (χ2v) is 8.59. The van der Waals surface area contributed by atoms with E-state index in [0.29, 0.717) is 0 Å². The number of piperazine rings is 1. The van der Waals surface area contributed by atoms with Crippen molar-refractivity contribution in [2.24, 2.45) is 0 Å². The van der Waals surface area contributed by atoms with E-state index >= 15 is 0 Å². The van der Waals surface area contributed by atoms with E-state index < -0.39 is 0 Å². The van der Waals surface area contributed by atoms with Crippen molar-refractivity contribution in [3.05, 3.63) is 62.5 Å². The van der Waals surface area contributed by atoms with Gasteiger partial charge in [0, 0.05) is 37.6 Å². The first-order valence-corrected chi connectivity index (χ1v) is 10.3. The van der Waals surface area contributed by atoms with Crippen molar-refractivity contribution in [2.75, 3.05) is 26.2 Å². The van der Waals surface area contributed by atoms with Gasteiger partial charge in [0.05, 0.1) is 11.4 Å². The molecule has 142 valence electrons. The lowest BCUT2D eigenvalue weighted by molar-refractivity contribution is 0.0948. The Bertz CT molecular complexity index is 987. The van der Waals surface area contributed by atoms with Crippen LogP contribution in [-0.4, -0.2) is 45.9 Å². The molecule has 0 saturated carbocycles. The van der Waals surface area contributed by atoms with Gasteiger partial charge >= 0.3 is 0 Å². The van der Waals surface area contributed by atoms with Gasteiger partial charge in [0.1, 0.15) is 10.7 Å². The van der Waals surface area contributed by atoms with Gasteiger partial charge in [-0.15, -0.1) is 11.3 Å². The molecule has 1 saturated heterocycles. The smallest absolute Gasteiger partial charge is 0.259 e. The molecule has 0 aliphatic carbocycles. The highest BCUT2D eigenvalue weighted by atomic mass is 32.1. The minimum Gasteiger partial charge on any atom is -0.309 e. The van der Waals surface area contributed by atoms with Crippen LogP contribution in [0.5, 0.6) is 0 Å². The van der Waals surface area contributed by atoms with Gasteiger partial charge in [0.25, 0.3) is 5.56 Å². The lowest BCUT2D eigenvalue weighted by atomic mass is 10.1. The van der Waals surface area contributed by atoms with Crippen molar-refractivity contribution in [3.8, 4) is 0 Å². The van der Waals surface area contributed by atoms with Crippen molar-refractivity contribution in [3.63, 3.8) is 0 Å². The van der Waals surface area contributed by atoms with Gasteiger partial charge in [-0.05, 0) is 31.9 Å². The van der Waals surface area contributed by atoms with Crippen molar-refractivity contribution in [1.82, 2.24) is 19.8 Å². The number of thiophene rings is 1. The predicted octanol–water partition coefficient (Wildman–Crippen LogP) is 3.48. The number of hydrogen-bond donors (Lipinski definition) is 1. The first kappa shape index (κ1) is 18.3. The molecule has 1 N–H and O–H groups in total. The highest BCUT2D eigenvalue weighted by molar-refractivity contribution is 7.18. The van der Waals surface area contributed by atoms with Gasteiger partial charge in [0.2, 0.25) is 0 Å². The van der Waals surface area contributed by atoms with Crippen LogP contribution >= 0.6 is 11.3 Å². The number of nitrogens with zero attached hydrogens (tertiary/aromatic N) is 3. The summed E-state index contributed by atoms with van der Waals surface area (Å²) >= 11 is 1.61. The third-order valence-electron chi connectivity index (χ3n) is 5.66. The molecular formula is C21H26N4OS. The van der Waals surface area contributed by atoms with E-state index in [-0.39, 0.29) is 11.6 Å². The molecule has 5 nitrogen and oxygen atoms in total.